The summed E-state index contributed by atoms with van der Waals surface area (Å²) in [5.41, 5.74) is -4.68. The molecule has 3 N–H and O–H groups in total. The Balaban J connectivity index is 0.000000665. The fourth-order valence-electron chi connectivity index (χ4n) is 4.68. The lowest BCUT2D eigenvalue weighted by molar-refractivity contribution is -0.138. The van der Waals surface area contributed by atoms with E-state index in [1.807, 2.05) is 30.3 Å². The van der Waals surface area contributed by atoms with E-state index in [1.54, 1.807) is 13.0 Å². The van der Waals surface area contributed by atoms with Crippen LogP contribution in [0.25, 0.3) is 11.4 Å². The van der Waals surface area contributed by atoms with Crippen LogP contribution in [0.15, 0.2) is 36.4 Å². The SMILES string of the molecule is CCOC(=O)N1CCN(C(=O)C(CCC(=O)O)NC(=O)c2cc(N3CCCC3)nc(-c3ccccc3)n2)CC1.O=S(=O)(O)C(F)(F)F. The van der Waals surface area contributed by atoms with E-state index in [2.05, 4.69) is 20.2 Å². The maximum Gasteiger partial charge on any atom is 0.522 e. The van der Waals surface area contributed by atoms with Crippen molar-refractivity contribution in [1.82, 2.24) is 25.1 Å². The summed E-state index contributed by atoms with van der Waals surface area (Å²) in [7, 11) is -5.84. The average Bonchev–Trinajstić information content (AvgIpc) is 3.58. The van der Waals surface area contributed by atoms with Crippen LogP contribution in [0.2, 0.25) is 0 Å². The Morgan fingerprint density at radius 1 is 0.979 bits per heavy atom. The highest BCUT2D eigenvalue weighted by molar-refractivity contribution is 7.86. The number of carbonyl (C=O) groups is 4. The molecule has 0 aliphatic carbocycles. The summed E-state index contributed by atoms with van der Waals surface area (Å²) in [6, 6.07) is 9.89. The summed E-state index contributed by atoms with van der Waals surface area (Å²) in [4.78, 5) is 64.5. The lowest BCUT2D eigenvalue weighted by Gasteiger charge is -2.35. The van der Waals surface area contributed by atoms with E-state index in [-0.39, 0.29) is 51.3 Å². The first-order valence-corrected chi connectivity index (χ1v) is 16.0. The number of nitrogens with zero attached hydrogens (tertiary/aromatic N) is 5. The zero-order chi connectivity index (χ0) is 34.8. The van der Waals surface area contributed by atoms with Crippen molar-refractivity contribution in [2.24, 2.45) is 0 Å². The normalized spacial score (nSPS) is 15.7. The quantitative estimate of drug-likeness (QED) is 0.257. The monoisotopic (exact) mass is 688 g/mol. The highest BCUT2D eigenvalue weighted by atomic mass is 32.2. The minimum absolute atomic E-state index is 0.0758. The van der Waals surface area contributed by atoms with Gasteiger partial charge in [-0.1, -0.05) is 30.3 Å². The van der Waals surface area contributed by atoms with Crippen LogP contribution in [0, 0.1) is 0 Å². The molecule has 1 aromatic heterocycles. The Morgan fingerprint density at radius 3 is 2.09 bits per heavy atom. The number of benzene rings is 1. The molecule has 2 saturated heterocycles. The summed E-state index contributed by atoms with van der Waals surface area (Å²) in [6.07, 6.45) is 1.25. The van der Waals surface area contributed by atoms with E-state index in [1.165, 1.54) is 9.80 Å². The molecule has 3 amide bonds. The number of piperazine rings is 1. The number of alkyl halides is 3. The fourth-order valence-corrected chi connectivity index (χ4v) is 4.68. The first-order chi connectivity index (χ1) is 22.1. The van der Waals surface area contributed by atoms with Crippen molar-refractivity contribution in [3.05, 3.63) is 42.1 Å². The highest BCUT2D eigenvalue weighted by Gasteiger charge is 2.44. The van der Waals surface area contributed by atoms with Gasteiger partial charge in [0.1, 0.15) is 17.6 Å². The van der Waals surface area contributed by atoms with Gasteiger partial charge in [-0.05, 0) is 26.2 Å². The van der Waals surface area contributed by atoms with E-state index in [0.29, 0.717) is 11.6 Å². The van der Waals surface area contributed by atoms with Crippen molar-refractivity contribution >= 4 is 39.8 Å². The molecule has 1 atom stereocenters. The topological polar surface area (TPSA) is 200 Å². The molecule has 0 saturated carbocycles. The van der Waals surface area contributed by atoms with Crippen molar-refractivity contribution in [3.8, 4) is 11.4 Å². The molecule has 4 rings (SSSR count). The molecule has 0 bridgehead atoms. The number of nitrogens with one attached hydrogen (secondary N) is 1. The van der Waals surface area contributed by atoms with Gasteiger partial charge in [0, 0.05) is 57.3 Å². The molecular weight excluding hydrogens is 653 g/mol. The Hall–Kier alpha value is -4.52. The number of hydrogen-bond donors (Lipinski definition) is 3. The number of rotatable bonds is 9. The van der Waals surface area contributed by atoms with Crippen molar-refractivity contribution in [2.45, 2.75) is 44.2 Å². The van der Waals surface area contributed by atoms with Crippen LogP contribution in [-0.2, 0) is 24.4 Å². The number of aromatic nitrogens is 2. The third-order valence-corrected chi connectivity index (χ3v) is 7.65. The highest BCUT2D eigenvalue weighted by Crippen LogP contribution is 2.24. The van der Waals surface area contributed by atoms with Gasteiger partial charge in [-0.2, -0.15) is 21.6 Å². The molecular formula is C28H35F3N6O9S. The zero-order valence-corrected chi connectivity index (χ0v) is 26.2. The van der Waals surface area contributed by atoms with Crippen LogP contribution in [-0.4, -0.2) is 119 Å². The molecule has 1 unspecified atom stereocenters. The van der Waals surface area contributed by atoms with Crippen LogP contribution in [0.3, 0.4) is 0 Å². The van der Waals surface area contributed by atoms with Gasteiger partial charge in [0.25, 0.3) is 5.91 Å². The van der Waals surface area contributed by atoms with E-state index in [0.717, 1.165) is 31.5 Å². The second-order valence-electron chi connectivity index (χ2n) is 10.4. The molecule has 2 aromatic rings. The molecule has 15 nitrogen and oxygen atoms in total. The van der Waals surface area contributed by atoms with Gasteiger partial charge in [-0.15, -0.1) is 0 Å². The van der Waals surface area contributed by atoms with E-state index >= 15 is 0 Å². The third kappa shape index (κ3) is 10.8. The van der Waals surface area contributed by atoms with Crippen LogP contribution >= 0.6 is 0 Å². The minimum Gasteiger partial charge on any atom is -0.481 e. The summed E-state index contributed by atoms with van der Waals surface area (Å²) < 4.78 is 62.6. The van der Waals surface area contributed by atoms with Gasteiger partial charge in [0.05, 0.1) is 6.61 Å². The van der Waals surface area contributed by atoms with E-state index < -0.39 is 45.5 Å². The predicted octanol–water partition coefficient (Wildman–Crippen LogP) is 2.40. The molecule has 258 valence electrons. The number of anilines is 1. The first kappa shape index (κ1) is 36.9. The fraction of sp³-hybridized carbons (Fsp3) is 0.500. The van der Waals surface area contributed by atoms with Gasteiger partial charge in [0.15, 0.2) is 5.82 Å². The number of carbonyl (C=O) groups excluding carboxylic acids is 3. The number of hydrogen-bond acceptors (Lipinski definition) is 10. The Kier molecular flexibility index (Phi) is 12.9. The number of ether oxygens (including phenoxy) is 1. The van der Waals surface area contributed by atoms with Gasteiger partial charge in [0.2, 0.25) is 5.91 Å². The zero-order valence-electron chi connectivity index (χ0n) is 25.4. The van der Waals surface area contributed by atoms with Gasteiger partial charge in [-0.25, -0.2) is 14.8 Å². The largest absolute Gasteiger partial charge is 0.522 e. The standard InChI is InChI=1S/C27H34N6O6.CHF3O3S/c1-2-39-27(38)33-16-14-32(15-17-33)26(37)20(10-11-23(34)35)29-25(36)21-18-22(31-12-6-7-13-31)30-24(28-21)19-8-4-3-5-9-19;2-1(3,4)8(5,6)7/h3-5,8-9,18,20H,2,6-7,10-17H2,1H3,(H,29,36)(H,34,35);(H,5,6,7). The maximum absolute atomic E-state index is 13.4. The molecule has 19 heteroatoms. The van der Waals surface area contributed by atoms with Crippen LogP contribution < -0.4 is 10.2 Å². The number of carboxylic acid groups (broad SMARTS) is 1. The third-order valence-electron chi connectivity index (χ3n) is 7.07. The van der Waals surface area contributed by atoms with Crippen LogP contribution in [0.1, 0.15) is 43.1 Å². The molecule has 1 aromatic carbocycles. The number of carboxylic acids is 1. The van der Waals surface area contributed by atoms with Crippen LogP contribution in [0.5, 0.6) is 0 Å². The van der Waals surface area contributed by atoms with Crippen molar-refractivity contribution in [1.29, 1.82) is 0 Å². The first-order valence-electron chi connectivity index (χ1n) is 14.6. The molecule has 3 heterocycles. The molecule has 2 fully saturated rings. The number of amides is 3. The van der Waals surface area contributed by atoms with Gasteiger partial charge in [-0.3, -0.25) is 18.9 Å². The Morgan fingerprint density at radius 2 is 1.55 bits per heavy atom. The predicted molar refractivity (Wildman–Crippen MR) is 160 cm³/mol. The summed E-state index contributed by atoms with van der Waals surface area (Å²) in [5, 5.41) is 12.0. The number of aliphatic carboxylic acids is 1. The summed E-state index contributed by atoms with van der Waals surface area (Å²) in [6.45, 7) is 4.71. The summed E-state index contributed by atoms with van der Waals surface area (Å²) >= 11 is 0. The van der Waals surface area contributed by atoms with Crippen molar-refractivity contribution in [3.63, 3.8) is 0 Å². The molecule has 0 radical (unpaired) electrons. The maximum atomic E-state index is 13.4. The Labute approximate surface area is 268 Å². The lowest BCUT2D eigenvalue weighted by atomic mass is 10.1. The minimum atomic E-state index is -5.84. The van der Waals surface area contributed by atoms with Crippen molar-refractivity contribution < 1.29 is 55.2 Å². The lowest BCUT2D eigenvalue weighted by Crippen LogP contribution is -2.56. The summed E-state index contributed by atoms with van der Waals surface area (Å²) in [5.74, 6) is -1.02. The average molecular weight is 689 g/mol. The smallest absolute Gasteiger partial charge is 0.481 e. The van der Waals surface area contributed by atoms with E-state index in [4.69, 9.17) is 17.7 Å². The molecule has 0 spiro atoms. The molecule has 2 aliphatic heterocycles. The van der Waals surface area contributed by atoms with Gasteiger partial charge >= 0.3 is 27.7 Å². The Bertz CT molecular complexity index is 1520. The molecule has 47 heavy (non-hydrogen) atoms. The van der Waals surface area contributed by atoms with Crippen LogP contribution in [0.4, 0.5) is 23.8 Å². The molecule has 2 aliphatic rings. The second-order valence-corrected chi connectivity index (χ2v) is 11.8. The van der Waals surface area contributed by atoms with Crippen molar-refractivity contribution in [2.75, 3.05) is 50.8 Å². The van der Waals surface area contributed by atoms with Gasteiger partial charge < -0.3 is 29.9 Å². The van der Waals surface area contributed by atoms with E-state index in [9.17, 15) is 37.5 Å². The second kappa shape index (κ2) is 16.3. The number of halogens is 3.